The minimum atomic E-state index is -0.314. The second kappa shape index (κ2) is 6.70. The van der Waals surface area contributed by atoms with Crippen molar-refractivity contribution in [1.29, 1.82) is 5.26 Å². The molecule has 0 bridgehead atoms. The Morgan fingerprint density at radius 1 is 1.17 bits per heavy atom. The Morgan fingerprint density at radius 2 is 1.83 bits per heavy atom. The van der Waals surface area contributed by atoms with Gasteiger partial charge in [-0.25, -0.2) is 0 Å². The van der Waals surface area contributed by atoms with Crippen molar-refractivity contribution < 1.29 is 9.59 Å². The van der Waals surface area contributed by atoms with Gasteiger partial charge < -0.3 is 25.5 Å². The lowest BCUT2D eigenvalue weighted by Crippen LogP contribution is -2.25. The molecule has 0 saturated heterocycles. The Hall–Kier alpha value is -3.21. The van der Waals surface area contributed by atoms with E-state index >= 15 is 0 Å². The molecule has 0 aliphatic carbocycles. The highest BCUT2D eigenvalue weighted by molar-refractivity contribution is 6.04. The number of nitrogens with zero attached hydrogens (tertiary/aromatic N) is 3. The number of nitrogen functional groups attached to an aromatic ring is 1. The van der Waals surface area contributed by atoms with Crippen molar-refractivity contribution in [2.75, 3.05) is 17.6 Å². The molecule has 120 valence electrons. The van der Waals surface area contributed by atoms with Gasteiger partial charge in [0.05, 0.1) is 23.9 Å². The lowest BCUT2D eigenvalue weighted by atomic mass is 10.3. The fourth-order valence-electron chi connectivity index (χ4n) is 2.19. The zero-order valence-electron chi connectivity index (χ0n) is 13.0. The monoisotopic (exact) mass is 315 g/mol. The molecule has 0 aliphatic heterocycles. The van der Waals surface area contributed by atoms with Crippen LogP contribution in [0.5, 0.6) is 0 Å². The van der Waals surface area contributed by atoms with Crippen LogP contribution >= 0.6 is 0 Å². The van der Waals surface area contributed by atoms with Gasteiger partial charge in [0.15, 0.2) is 0 Å². The smallest absolute Gasteiger partial charge is 0.272 e. The molecule has 2 aromatic heterocycles. The quantitative estimate of drug-likeness (QED) is 0.559. The lowest BCUT2D eigenvalue weighted by Gasteiger charge is -2.03. The number of aromatic nitrogens is 2. The Morgan fingerprint density at radius 3 is 2.43 bits per heavy atom. The summed E-state index contributed by atoms with van der Waals surface area (Å²) in [6, 6.07) is 5.11. The zero-order valence-corrected chi connectivity index (χ0v) is 13.0. The summed E-state index contributed by atoms with van der Waals surface area (Å²) in [5, 5.41) is 13.8. The van der Waals surface area contributed by atoms with E-state index < -0.39 is 0 Å². The van der Waals surface area contributed by atoms with E-state index in [1.807, 2.05) is 6.07 Å². The molecule has 0 aliphatic rings. The summed E-state index contributed by atoms with van der Waals surface area (Å²) in [6.45, 7) is 0.283. The fourth-order valence-corrected chi connectivity index (χ4v) is 2.19. The number of aryl methyl sites for hydroxylation is 2. The van der Waals surface area contributed by atoms with Crippen LogP contribution in [0, 0.1) is 11.3 Å². The van der Waals surface area contributed by atoms with E-state index in [4.69, 9.17) is 11.0 Å². The van der Waals surface area contributed by atoms with E-state index in [0.29, 0.717) is 22.8 Å². The molecule has 4 N–H and O–H groups in total. The molecule has 0 unspecified atom stereocenters. The molecule has 0 atom stereocenters. The van der Waals surface area contributed by atoms with Crippen LogP contribution in [-0.2, 0) is 14.1 Å². The van der Waals surface area contributed by atoms with Gasteiger partial charge in [-0.2, -0.15) is 5.26 Å². The summed E-state index contributed by atoms with van der Waals surface area (Å²) < 4.78 is 3.24. The minimum Gasteiger partial charge on any atom is -0.397 e. The van der Waals surface area contributed by atoms with Gasteiger partial charge in [-0.1, -0.05) is 0 Å². The Bertz CT molecular complexity index is 780. The minimum absolute atomic E-state index is 0.245. The van der Waals surface area contributed by atoms with E-state index in [1.54, 1.807) is 47.8 Å². The maximum absolute atomic E-state index is 12.2. The number of carbonyl (C=O) groups is 2. The van der Waals surface area contributed by atoms with Crippen molar-refractivity contribution in [2.24, 2.45) is 14.1 Å². The van der Waals surface area contributed by atoms with Crippen LogP contribution < -0.4 is 16.4 Å². The average Bonchev–Trinajstić information content (AvgIpc) is 3.01. The van der Waals surface area contributed by atoms with Crippen LogP contribution in [0.25, 0.3) is 0 Å². The third kappa shape index (κ3) is 3.71. The first kappa shape index (κ1) is 16.2. The molecule has 0 radical (unpaired) electrons. The van der Waals surface area contributed by atoms with Gasteiger partial charge in [-0.05, 0) is 12.1 Å². The van der Waals surface area contributed by atoms with Crippen LogP contribution in [0.4, 0.5) is 11.4 Å². The largest absolute Gasteiger partial charge is 0.397 e. The van der Waals surface area contributed by atoms with Gasteiger partial charge in [0.1, 0.15) is 11.4 Å². The van der Waals surface area contributed by atoms with Gasteiger partial charge in [-0.15, -0.1) is 0 Å². The number of rotatable bonds is 5. The zero-order chi connectivity index (χ0) is 17.0. The normalized spacial score (nSPS) is 10.1. The second-order valence-electron chi connectivity index (χ2n) is 5.11. The predicted octanol–water partition coefficient (Wildman–Crippen LogP) is 0.842. The van der Waals surface area contributed by atoms with Crippen LogP contribution in [0.1, 0.15) is 27.4 Å². The fraction of sp³-hybridized carbons (Fsp3) is 0.267. The maximum atomic E-state index is 12.2. The summed E-state index contributed by atoms with van der Waals surface area (Å²) in [4.78, 5) is 24.2. The third-order valence-electron chi connectivity index (χ3n) is 3.28. The first-order valence-electron chi connectivity index (χ1n) is 6.97. The van der Waals surface area contributed by atoms with E-state index in [9.17, 15) is 9.59 Å². The van der Waals surface area contributed by atoms with Gasteiger partial charge in [0.25, 0.3) is 11.8 Å². The second-order valence-corrected chi connectivity index (χ2v) is 5.11. The Balaban J connectivity index is 2.09. The van der Waals surface area contributed by atoms with Crippen LogP contribution in [0.15, 0.2) is 24.5 Å². The third-order valence-corrected chi connectivity index (χ3v) is 3.28. The highest BCUT2D eigenvalue weighted by Gasteiger charge is 2.15. The maximum Gasteiger partial charge on any atom is 0.272 e. The standard InChI is InChI=1S/C15H18N6O2/c1-20-8-10(17)6-12(20)15(23)19-11-7-13(21(2)9-11)14(22)18-5-3-4-16/h6-9H,3,5,17H2,1-2H3,(H,18,22)(H,19,23)/i18+1. The number of nitrogens with one attached hydrogen (secondary N) is 2. The molecular weight excluding hydrogens is 297 g/mol. The van der Waals surface area contributed by atoms with Gasteiger partial charge in [0.2, 0.25) is 0 Å². The molecule has 0 fully saturated rings. The molecule has 2 aromatic rings. The van der Waals surface area contributed by atoms with Crippen molar-refractivity contribution >= 4 is 23.2 Å². The Labute approximate surface area is 133 Å². The highest BCUT2D eigenvalue weighted by atomic mass is 16.2. The first-order valence-corrected chi connectivity index (χ1v) is 6.97. The van der Waals surface area contributed by atoms with E-state index in [0.717, 1.165) is 0 Å². The number of anilines is 2. The topological polar surface area (TPSA) is 118 Å². The van der Waals surface area contributed by atoms with Crippen molar-refractivity contribution in [2.45, 2.75) is 6.42 Å². The van der Waals surface area contributed by atoms with E-state index in [-0.39, 0.29) is 24.8 Å². The number of nitriles is 1. The van der Waals surface area contributed by atoms with Crippen LogP contribution in [0.3, 0.4) is 0 Å². The van der Waals surface area contributed by atoms with E-state index in [1.165, 1.54) is 0 Å². The van der Waals surface area contributed by atoms with Gasteiger partial charge in [0, 0.05) is 33.0 Å². The highest BCUT2D eigenvalue weighted by Crippen LogP contribution is 2.16. The number of carbonyl (C=O) groups excluding carboxylic acids is 2. The molecule has 0 aromatic carbocycles. The predicted molar refractivity (Wildman–Crippen MR) is 85.8 cm³/mol. The van der Waals surface area contributed by atoms with Gasteiger partial charge in [-0.3, -0.25) is 9.59 Å². The number of hydrogen-bond donors (Lipinski definition) is 3. The number of amides is 2. The summed E-state index contributed by atoms with van der Waals surface area (Å²) in [5.74, 6) is -0.613. The van der Waals surface area contributed by atoms with Crippen molar-refractivity contribution in [1.82, 2.24) is 14.5 Å². The van der Waals surface area contributed by atoms with Crippen molar-refractivity contribution in [3.63, 3.8) is 0 Å². The lowest BCUT2D eigenvalue weighted by molar-refractivity contribution is 0.0945. The molecular formula is C15H18N6O2. The molecule has 8 nitrogen and oxygen atoms in total. The van der Waals surface area contributed by atoms with Gasteiger partial charge >= 0.3 is 0 Å². The summed E-state index contributed by atoms with van der Waals surface area (Å²) in [5.41, 5.74) is 7.48. The summed E-state index contributed by atoms with van der Waals surface area (Å²) in [6.07, 6.45) is 3.53. The summed E-state index contributed by atoms with van der Waals surface area (Å²) >= 11 is 0. The molecule has 2 heterocycles. The summed E-state index contributed by atoms with van der Waals surface area (Å²) in [7, 11) is 3.43. The number of nitrogens with two attached hydrogens (primary N) is 1. The molecule has 23 heavy (non-hydrogen) atoms. The molecule has 8 heteroatoms. The van der Waals surface area contributed by atoms with Crippen molar-refractivity contribution in [3.05, 3.63) is 35.9 Å². The van der Waals surface area contributed by atoms with E-state index in [2.05, 4.69) is 10.6 Å². The molecule has 2 rings (SSSR count). The average molecular weight is 315 g/mol. The molecule has 2 amide bonds. The Kier molecular flexibility index (Phi) is 4.71. The van der Waals surface area contributed by atoms with Crippen LogP contribution in [0.2, 0.25) is 0 Å². The molecule has 0 saturated carbocycles. The number of hydrogen-bond acceptors (Lipinski definition) is 4. The van der Waals surface area contributed by atoms with Crippen LogP contribution in [-0.4, -0.2) is 27.5 Å². The van der Waals surface area contributed by atoms with Crippen molar-refractivity contribution in [3.8, 4) is 6.07 Å². The molecule has 0 spiro atoms. The first-order chi connectivity index (χ1) is 10.9. The SMILES string of the molecule is Cn1cc(N)cc1C(=O)Nc1cc(C(=O)[15NH]CCC#N)n(C)c1.